The van der Waals surface area contributed by atoms with E-state index in [4.69, 9.17) is 0 Å². The minimum absolute atomic E-state index is 1.17. The molecule has 60 heavy (non-hydrogen) atoms. The van der Waals surface area contributed by atoms with Crippen molar-refractivity contribution in [3.05, 3.63) is 242 Å². The summed E-state index contributed by atoms with van der Waals surface area (Å²) in [5.74, 6) is 0. The standard InChI is InChI=1S/C60H40/c1-2-11-41(12-3-1)21-22-42-13-10-18-49(37-42)54-35-36-57-58(40-54)60(48-31-25-46(26-32-48)53-34-28-44-15-5-7-17-51(44)39-53)56-20-9-8-19-55(56)59(57)47-29-23-45(24-30-47)52-33-27-43-14-4-6-16-50(43)38-52/h1-40H/b22-21+. The highest BCUT2D eigenvalue weighted by Gasteiger charge is 2.18. The molecule has 0 atom stereocenters. The SMILES string of the molecule is C(=C\c1cccc(-c2ccc3c(-c4ccc(-c5ccc6ccccc6c5)cc4)c4ccccc4c(-c4ccc(-c5ccc6ccccc6c5)cc4)c3c2)c1)/c1ccccc1. The first-order chi connectivity index (χ1) is 29.7. The molecule has 0 heterocycles. The van der Waals surface area contributed by atoms with Crippen LogP contribution in [0.1, 0.15) is 11.1 Å². The third kappa shape index (κ3) is 6.65. The van der Waals surface area contributed by atoms with Gasteiger partial charge in [-0.15, -0.1) is 0 Å². The maximum absolute atomic E-state index is 2.42. The van der Waals surface area contributed by atoms with Gasteiger partial charge in [0.15, 0.2) is 0 Å². The van der Waals surface area contributed by atoms with Gasteiger partial charge in [-0.25, -0.2) is 0 Å². The minimum Gasteiger partial charge on any atom is -0.0622 e. The zero-order valence-corrected chi connectivity index (χ0v) is 33.1. The summed E-state index contributed by atoms with van der Waals surface area (Å²) in [6, 6.07) is 84.4. The topological polar surface area (TPSA) is 0 Å². The van der Waals surface area contributed by atoms with Gasteiger partial charge in [0, 0.05) is 0 Å². The predicted octanol–water partition coefficient (Wildman–Crippen LogP) is 16.8. The molecule has 0 amide bonds. The molecular formula is C60H40. The molecule has 0 spiro atoms. The second-order valence-electron chi connectivity index (χ2n) is 15.7. The molecule has 0 saturated carbocycles. The van der Waals surface area contributed by atoms with Crippen LogP contribution in [-0.2, 0) is 0 Å². The summed E-state index contributed by atoms with van der Waals surface area (Å²) in [5.41, 5.74) is 14.5. The molecule has 0 heteroatoms. The highest BCUT2D eigenvalue weighted by atomic mass is 14.2. The van der Waals surface area contributed by atoms with Crippen molar-refractivity contribution in [1.82, 2.24) is 0 Å². The molecule has 11 aromatic rings. The van der Waals surface area contributed by atoms with Crippen LogP contribution in [-0.4, -0.2) is 0 Å². The summed E-state index contributed by atoms with van der Waals surface area (Å²) in [5, 5.41) is 10.00. The van der Waals surface area contributed by atoms with Gasteiger partial charge in [0.25, 0.3) is 0 Å². The summed E-state index contributed by atoms with van der Waals surface area (Å²) in [4.78, 5) is 0. The van der Waals surface area contributed by atoms with E-state index in [2.05, 4.69) is 243 Å². The summed E-state index contributed by atoms with van der Waals surface area (Å²) < 4.78 is 0. The van der Waals surface area contributed by atoms with Crippen LogP contribution >= 0.6 is 0 Å². The number of benzene rings is 11. The molecule has 0 nitrogen and oxygen atoms in total. The normalized spacial score (nSPS) is 11.6. The Labute approximate surface area is 351 Å². The molecule has 0 aliphatic rings. The molecule has 280 valence electrons. The zero-order chi connectivity index (χ0) is 39.8. The molecule has 11 aromatic carbocycles. The van der Waals surface area contributed by atoms with Crippen LogP contribution in [0.15, 0.2) is 231 Å². The average molecular weight is 761 g/mol. The van der Waals surface area contributed by atoms with Gasteiger partial charge in [0.1, 0.15) is 0 Å². The van der Waals surface area contributed by atoms with Crippen molar-refractivity contribution in [3.63, 3.8) is 0 Å². The van der Waals surface area contributed by atoms with Gasteiger partial charge in [-0.3, -0.25) is 0 Å². The largest absolute Gasteiger partial charge is 0.0622 e. The molecule has 0 aliphatic heterocycles. The number of hydrogen-bond donors (Lipinski definition) is 0. The third-order valence-electron chi connectivity index (χ3n) is 12.0. The monoisotopic (exact) mass is 760 g/mol. The molecule has 11 rings (SSSR count). The highest BCUT2D eigenvalue weighted by Crippen LogP contribution is 2.45. The third-order valence-corrected chi connectivity index (χ3v) is 12.0. The second kappa shape index (κ2) is 15.2. The Morgan fingerprint density at radius 3 is 1.20 bits per heavy atom. The average Bonchev–Trinajstić information content (AvgIpc) is 3.32. The van der Waals surface area contributed by atoms with Gasteiger partial charge >= 0.3 is 0 Å². The number of rotatable bonds is 7. The van der Waals surface area contributed by atoms with Gasteiger partial charge in [0.2, 0.25) is 0 Å². The smallest absolute Gasteiger partial charge is 0.00261 e. The Bertz CT molecular complexity index is 3390. The first kappa shape index (κ1) is 35.4. The maximum Gasteiger partial charge on any atom is -0.00261 e. The molecule has 0 aliphatic carbocycles. The molecule has 0 bridgehead atoms. The molecule has 0 N–H and O–H groups in total. The Morgan fingerprint density at radius 1 is 0.200 bits per heavy atom. The van der Waals surface area contributed by atoms with Crippen molar-refractivity contribution in [3.8, 4) is 55.6 Å². The molecule has 0 radical (unpaired) electrons. The summed E-state index contributed by atoms with van der Waals surface area (Å²) in [6.45, 7) is 0. The van der Waals surface area contributed by atoms with E-state index in [1.807, 2.05) is 0 Å². The molecule has 0 aromatic heterocycles. The van der Waals surface area contributed by atoms with E-state index in [1.165, 1.54) is 110 Å². The van der Waals surface area contributed by atoms with Crippen LogP contribution in [0.2, 0.25) is 0 Å². The van der Waals surface area contributed by atoms with Gasteiger partial charge in [-0.1, -0.05) is 218 Å². The number of hydrogen-bond acceptors (Lipinski definition) is 0. The summed E-state index contributed by atoms with van der Waals surface area (Å²) >= 11 is 0. The van der Waals surface area contributed by atoms with Crippen molar-refractivity contribution in [2.75, 3.05) is 0 Å². The van der Waals surface area contributed by atoms with Crippen molar-refractivity contribution in [2.45, 2.75) is 0 Å². The minimum atomic E-state index is 1.17. The van der Waals surface area contributed by atoms with Gasteiger partial charge in [-0.2, -0.15) is 0 Å². The Morgan fingerprint density at radius 2 is 0.600 bits per heavy atom. The summed E-state index contributed by atoms with van der Waals surface area (Å²) in [6.07, 6.45) is 4.39. The number of fused-ring (bicyclic) bond motifs is 4. The van der Waals surface area contributed by atoms with Crippen LogP contribution < -0.4 is 0 Å². The fourth-order valence-corrected chi connectivity index (χ4v) is 8.95. The van der Waals surface area contributed by atoms with Crippen LogP contribution in [0.5, 0.6) is 0 Å². The lowest BCUT2D eigenvalue weighted by atomic mass is 9.84. The lowest BCUT2D eigenvalue weighted by molar-refractivity contribution is 1.60. The van der Waals surface area contributed by atoms with E-state index < -0.39 is 0 Å². The van der Waals surface area contributed by atoms with E-state index in [0.717, 1.165) is 0 Å². The van der Waals surface area contributed by atoms with E-state index in [0.29, 0.717) is 0 Å². The lowest BCUT2D eigenvalue weighted by Crippen LogP contribution is -1.92. The molecule has 0 unspecified atom stereocenters. The quantitative estimate of drug-likeness (QED) is 0.112. The molecular weight excluding hydrogens is 721 g/mol. The van der Waals surface area contributed by atoms with Crippen molar-refractivity contribution < 1.29 is 0 Å². The van der Waals surface area contributed by atoms with Crippen molar-refractivity contribution >= 4 is 55.2 Å². The van der Waals surface area contributed by atoms with Gasteiger partial charge in [0.05, 0.1) is 0 Å². The van der Waals surface area contributed by atoms with Crippen LogP contribution in [0.3, 0.4) is 0 Å². The Hall–Kier alpha value is -7.80. The fraction of sp³-hybridized carbons (Fsp3) is 0. The van der Waals surface area contributed by atoms with E-state index in [-0.39, 0.29) is 0 Å². The van der Waals surface area contributed by atoms with Crippen LogP contribution in [0, 0.1) is 0 Å². The van der Waals surface area contributed by atoms with Crippen LogP contribution in [0.4, 0.5) is 0 Å². The van der Waals surface area contributed by atoms with E-state index in [1.54, 1.807) is 0 Å². The maximum atomic E-state index is 2.42. The van der Waals surface area contributed by atoms with Crippen molar-refractivity contribution in [1.29, 1.82) is 0 Å². The first-order valence-electron chi connectivity index (χ1n) is 20.7. The zero-order valence-electron chi connectivity index (χ0n) is 33.1. The molecule has 0 saturated heterocycles. The highest BCUT2D eigenvalue weighted by molar-refractivity contribution is 6.22. The lowest BCUT2D eigenvalue weighted by Gasteiger charge is -2.19. The van der Waals surface area contributed by atoms with Crippen molar-refractivity contribution in [2.24, 2.45) is 0 Å². The fourth-order valence-electron chi connectivity index (χ4n) is 8.95. The van der Waals surface area contributed by atoms with E-state index >= 15 is 0 Å². The first-order valence-corrected chi connectivity index (χ1v) is 20.7. The molecule has 0 fully saturated rings. The Balaban J connectivity index is 1.07. The second-order valence-corrected chi connectivity index (χ2v) is 15.7. The van der Waals surface area contributed by atoms with E-state index in [9.17, 15) is 0 Å². The Kier molecular flexibility index (Phi) is 8.95. The summed E-state index contributed by atoms with van der Waals surface area (Å²) in [7, 11) is 0. The van der Waals surface area contributed by atoms with Crippen LogP contribution in [0.25, 0.3) is 111 Å². The van der Waals surface area contributed by atoms with Gasteiger partial charge < -0.3 is 0 Å². The predicted molar refractivity (Wildman–Crippen MR) is 259 cm³/mol. The van der Waals surface area contributed by atoms with Gasteiger partial charge in [-0.05, 0) is 134 Å².